The summed E-state index contributed by atoms with van der Waals surface area (Å²) in [5, 5.41) is 0. The lowest BCUT2D eigenvalue weighted by molar-refractivity contribution is 0.158. The highest BCUT2D eigenvalue weighted by Gasteiger charge is 2.32. The minimum Gasteiger partial charge on any atom is -0.383 e. The van der Waals surface area contributed by atoms with Gasteiger partial charge in [0.15, 0.2) is 5.96 Å². The second kappa shape index (κ2) is 6.09. The molecule has 0 saturated heterocycles. The number of nitrogens with zero attached hydrogens (tertiary/aromatic N) is 2. The van der Waals surface area contributed by atoms with Crippen LogP contribution in [0, 0.1) is 5.92 Å². The van der Waals surface area contributed by atoms with Crippen LogP contribution in [0.25, 0.3) is 0 Å². The third-order valence-corrected chi connectivity index (χ3v) is 3.02. The fourth-order valence-corrected chi connectivity index (χ4v) is 1.89. The first-order valence-corrected chi connectivity index (χ1v) is 6.15. The lowest BCUT2D eigenvalue weighted by Crippen LogP contribution is -2.46. The maximum Gasteiger partial charge on any atom is 0.191 e. The van der Waals surface area contributed by atoms with Gasteiger partial charge in [-0.25, -0.2) is 0 Å². The molecule has 1 unspecified atom stereocenters. The monoisotopic (exact) mass is 227 g/mol. The molecule has 1 rings (SSSR count). The summed E-state index contributed by atoms with van der Waals surface area (Å²) in [6, 6.07) is 0.731. The molecule has 4 nitrogen and oxygen atoms in total. The number of hydrogen-bond donors (Lipinski definition) is 1. The van der Waals surface area contributed by atoms with E-state index in [1.54, 1.807) is 7.11 Å². The van der Waals surface area contributed by atoms with E-state index in [-0.39, 0.29) is 6.04 Å². The van der Waals surface area contributed by atoms with Crippen LogP contribution in [0.2, 0.25) is 0 Å². The molecule has 0 radical (unpaired) electrons. The van der Waals surface area contributed by atoms with Crippen molar-refractivity contribution in [3.05, 3.63) is 0 Å². The van der Waals surface area contributed by atoms with Gasteiger partial charge in [-0.05, 0) is 39.5 Å². The van der Waals surface area contributed by atoms with Crippen LogP contribution in [0.4, 0.5) is 0 Å². The molecule has 1 saturated carbocycles. The Hall–Kier alpha value is -0.770. The van der Waals surface area contributed by atoms with E-state index < -0.39 is 0 Å². The molecule has 1 aliphatic rings. The average molecular weight is 227 g/mol. The smallest absolute Gasteiger partial charge is 0.191 e. The highest BCUT2D eigenvalue weighted by molar-refractivity contribution is 5.78. The van der Waals surface area contributed by atoms with E-state index in [2.05, 4.69) is 16.8 Å². The standard InChI is InChI=1S/C12H25N3O/c1-9(2)14-12(13)15(7-8-16-4)10(3)11-5-6-11/h9-11H,5-8H2,1-4H3,(H2,13,14). The Labute approximate surface area is 98.9 Å². The molecule has 0 aromatic rings. The predicted octanol–water partition coefficient (Wildman–Crippen LogP) is 1.46. The van der Waals surface area contributed by atoms with Crippen molar-refractivity contribution >= 4 is 5.96 Å². The van der Waals surface area contributed by atoms with Gasteiger partial charge in [-0.1, -0.05) is 0 Å². The van der Waals surface area contributed by atoms with Crippen LogP contribution in [-0.2, 0) is 4.74 Å². The summed E-state index contributed by atoms with van der Waals surface area (Å²) in [7, 11) is 1.72. The van der Waals surface area contributed by atoms with Crippen molar-refractivity contribution in [2.24, 2.45) is 16.6 Å². The maximum absolute atomic E-state index is 6.05. The van der Waals surface area contributed by atoms with Gasteiger partial charge in [0.2, 0.25) is 0 Å². The van der Waals surface area contributed by atoms with Crippen LogP contribution >= 0.6 is 0 Å². The highest BCUT2D eigenvalue weighted by atomic mass is 16.5. The molecule has 1 atom stereocenters. The number of hydrogen-bond acceptors (Lipinski definition) is 2. The molecule has 0 heterocycles. The summed E-state index contributed by atoms with van der Waals surface area (Å²) >= 11 is 0. The lowest BCUT2D eigenvalue weighted by Gasteiger charge is -2.30. The van der Waals surface area contributed by atoms with E-state index in [0.717, 1.165) is 12.5 Å². The van der Waals surface area contributed by atoms with E-state index in [0.29, 0.717) is 18.6 Å². The number of ether oxygens (including phenoxy) is 1. The second-order valence-corrected chi connectivity index (χ2v) is 4.85. The Kier molecular flexibility index (Phi) is 5.06. The van der Waals surface area contributed by atoms with Crippen molar-refractivity contribution in [2.75, 3.05) is 20.3 Å². The molecule has 0 aliphatic heterocycles. The summed E-state index contributed by atoms with van der Waals surface area (Å²) in [4.78, 5) is 6.61. The van der Waals surface area contributed by atoms with Gasteiger partial charge in [0, 0.05) is 25.7 Å². The van der Waals surface area contributed by atoms with E-state index >= 15 is 0 Å². The van der Waals surface area contributed by atoms with Crippen molar-refractivity contribution in [3.8, 4) is 0 Å². The van der Waals surface area contributed by atoms with Crippen molar-refractivity contribution in [1.82, 2.24) is 4.90 Å². The van der Waals surface area contributed by atoms with Crippen LogP contribution in [0.1, 0.15) is 33.6 Å². The maximum atomic E-state index is 6.05. The Bertz CT molecular complexity index is 236. The first-order chi connectivity index (χ1) is 7.56. The first kappa shape index (κ1) is 13.3. The van der Waals surface area contributed by atoms with Crippen molar-refractivity contribution in [3.63, 3.8) is 0 Å². The molecule has 0 aromatic heterocycles. The summed E-state index contributed by atoms with van der Waals surface area (Å²) in [5.74, 6) is 1.45. The molecule has 16 heavy (non-hydrogen) atoms. The van der Waals surface area contributed by atoms with Crippen LogP contribution < -0.4 is 5.73 Å². The minimum atomic E-state index is 0.247. The number of aliphatic imine (C=N–C) groups is 1. The van der Waals surface area contributed by atoms with Gasteiger partial charge >= 0.3 is 0 Å². The third-order valence-electron chi connectivity index (χ3n) is 3.02. The molecular weight excluding hydrogens is 202 g/mol. The molecule has 1 aliphatic carbocycles. The molecule has 94 valence electrons. The van der Waals surface area contributed by atoms with Crippen LogP contribution in [0.3, 0.4) is 0 Å². The van der Waals surface area contributed by atoms with E-state index in [4.69, 9.17) is 10.5 Å². The summed E-state index contributed by atoms with van der Waals surface area (Å²) in [6.45, 7) is 7.85. The molecular formula is C12H25N3O. The molecule has 4 heteroatoms. The molecule has 1 fully saturated rings. The van der Waals surface area contributed by atoms with Crippen LogP contribution in [0.15, 0.2) is 4.99 Å². The van der Waals surface area contributed by atoms with Crippen LogP contribution in [-0.4, -0.2) is 43.2 Å². The van der Waals surface area contributed by atoms with Gasteiger partial charge < -0.3 is 15.4 Å². The normalized spacial score (nSPS) is 18.9. The largest absolute Gasteiger partial charge is 0.383 e. The van der Waals surface area contributed by atoms with Gasteiger partial charge in [0.25, 0.3) is 0 Å². The van der Waals surface area contributed by atoms with Crippen molar-refractivity contribution < 1.29 is 4.74 Å². The van der Waals surface area contributed by atoms with Gasteiger partial charge in [0.1, 0.15) is 0 Å². The Balaban J connectivity index is 2.61. The van der Waals surface area contributed by atoms with Gasteiger partial charge in [-0.2, -0.15) is 0 Å². The Morgan fingerprint density at radius 1 is 1.44 bits per heavy atom. The zero-order chi connectivity index (χ0) is 12.1. The van der Waals surface area contributed by atoms with Crippen LogP contribution in [0.5, 0.6) is 0 Å². The second-order valence-electron chi connectivity index (χ2n) is 4.85. The first-order valence-electron chi connectivity index (χ1n) is 6.15. The van der Waals surface area contributed by atoms with Crippen molar-refractivity contribution in [1.29, 1.82) is 0 Å². The molecule has 0 bridgehead atoms. The zero-order valence-electron chi connectivity index (χ0n) is 10.9. The van der Waals surface area contributed by atoms with Gasteiger partial charge in [0.05, 0.1) is 6.61 Å². The summed E-state index contributed by atoms with van der Waals surface area (Å²) in [6.07, 6.45) is 2.64. The lowest BCUT2D eigenvalue weighted by atomic mass is 10.2. The fraction of sp³-hybridized carbons (Fsp3) is 0.917. The quantitative estimate of drug-likeness (QED) is 0.552. The minimum absolute atomic E-state index is 0.247. The van der Waals surface area contributed by atoms with Gasteiger partial charge in [-0.15, -0.1) is 0 Å². The number of rotatable bonds is 6. The summed E-state index contributed by atoms with van der Waals surface area (Å²) < 4.78 is 5.13. The average Bonchev–Trinajstić information content (AvgIpc) is 2.99. The number of methoxy groups -OCH3 is 1. The highest BCUT2D eigenvalue weighted by Crippen LogP contribution is 2.35. The van der Waals surface area contributed by atoms with Gasteiger partial charge in [-0.3, -0.25) is 4.99 Å². The number of nitrogens with two attached hydrogens (primary N) is 1. The molecule has 0 spiro atoms. The molecule has 0 amide bonds. The van der Waals surface area contributed by atoms with E-state index in [1.807, 2.05) is 13.8 Å². The summed E-state index contributed by atoms with van der Waals surface area (Å²) in [5.41, 5.74) is 6.05. The number of guanidine groups is 1. The predicted molar refractivity (Wildman–Crippen MR) is 67.5 cm³/mol. The Morgan fingerprint density at radius 3 is 2.50 bits per heavy atom. The topological polar surface area (TPSA) is 50.9 Å². The SMILES string of the molecule is COCCN(C(N)=NC(C)C)C(C)C1CC1. The fourth-order valence-electron chi connectivity index (χ4n) is 1.89. The zero-order valence-corrected chi connectivity index (χ0v) is 10.9. The molecule has 2 N–H and O–H groups in total. The van der Waals surface area contributed by atoms with E-state index in [1.165, 1.54) is 12.8 Å². The van der Waals surface area contributed by atoms with Crippen molar-refractivity contribution in [2.45, 2.75) is 45.7 Å². The third kappa shape index (κ3) is 4.00. The molecule has 0 aromatic carbocycles. The van der Waals surface area contributed by atoms with E-state index in [9.17, 15) is 0 Å². The Morgan fingerprint density at radius 2 is 2.06 bits per heavy atom.